The van der Waals surface area contributed by atoms with Gasteiger partial charge < -0.3 is 15.0 Å². The number of ether oxygens (including phenoxy) is 1. The largest absolute Gasteiger partial charge is 0.450 e. The quantitative estimate of drug-likeness (QED) is 0.188. The molecule has 3 aromatic carbocycles. The lowest BCUT2D eigenvalue weighted by molar-refractivity contribution is 0.0933. The Labute approximate surface area is 299 Å². The molecule has 2 aliphatic heterocycles. The highest BCUT2D eigenvalue weighted by atomic mass is 35.5. The summed E-state index contributed by atoms with van der Waals surface area (Å²) in [4.78, 5) is 35.9. The van der Waals surface area contributed by atoms with Gasteiger partial charge in [0.1, 0.15) is 10.0 Å². The molecule has 0 aliphatic carbocycles. The molecule has 5 aromatic rings. The third-order valence-corrected chi connectivity index (χ3v) is 12.7. The van der Waals surface area contributed by atoms with Gasteiger partial charge in [-0.1, -0.05) is 42.5 Å². The van der Waals surface area contributed by atoms with Gasteiger partial charge in [0.25, 0.3) is 5.91 Å². The number of aromatic nitrogens is 1. The van der Waals surface area contributed by atoms with Gasteiger partial charge >= 0.3 is 6.09 Å². The number of amides is 2. The van der Waals surface area contributed by atoms with E-state index in [0.717, 1.165) is 51.8 Å². The van der Waals surface area contributed by atoms with Crippen LogP contribution < -0.4 is 5.32 Å². The molecule has 4 heterocycles. The number of piperazine rings is 1. The van der Waals surface area contributed by atoms with Gasteiger partial charge in [0.2, 0.25) is 10.0 Å². The van der Waals surface area contributed by atoms with Crippen molar-refractivity contribution in [3.63, 3.8) is 0 Å². The van der Waals surface area contributed by atoms with Gasteiger partial charge in [-0.3, -0.25) is 9.69 Å². The van der Waals surface area contributed by atoms with Crippen molar-refractivity contribution in [3.8, 4) is 10.6 Å². The number of carbonyl (C=O) groups is 2. The third kappa shape index (κ3) is 7.37. The van der Waals surface area contributed by atoms with E-state index in [0.29, 0.717) is 5.56 Å². The zero-order valence-corrected chi connectivity index (χ0v) is 30.1. The molecule has 1 saturated heterocycles. The first-order valence-electron chi connectivity index (χ1n) is 15.9. The number of anilines is 1. The van der Waals surface area contributed by atoms with E-state index in [1.165, 1.54) is 37.3 Å². The number of fused-ring (bicyclic) bond motifs is 2. The van der Waals surface area contributed by atoms with E-state index in [1.807, 2.05) is 24.3 Å². The number of nitrogens with zero attached hydrogens (tertiary/aromatic N) is 4. The molecule has 7 rings (SSSR count). The molecule has 0 spiro atoms. The fraction of sp³-hybridized carbons (Fsp3) is 0.286. The highest BCUT2D eigenvalue weighted by Crippen LogP contribution is 2.46. The van der Waals surface area contributed by atoms with Crippen LogP contribution in [0.15, 0.2) is 83.8 Å². The van der Waals surface area contributed by atoms with Crippen LogP contribution in [0.3, 0.4) is 0 Å². The van der Waals surface area contributed by atoms with E-state index >= 15 is 0 Å². The van der Waals surface area contributed by atoms with E-state index < -0.39 is 16.1 Å². The average molecular weight is 738 g/mol. The molecule has 0 bridgehead atoms. The minimum Gasteiger partial charge on any atom is -0.450 e. The van der Waals surface area contributed by atoms with Crippen LogP contribution in [0.4, 0.5) is 9.80 Å². The van der Waals surface area contributed by atoms with Crippen LogP contribution in [0, 0.1) is 0 Å². The van der Waals surface area contributed by atoms with Crippen molar-refractivity contribution in [1.29, 1.82) is 0 Å². The maximum Gasteiger partial charge on any atom is 0.409 e. The fourth-order valence-electron chi connectivity index (χ4n) is 6.15. The maximum atomic E-state index is 13.7. The molecular formula is C35H36ClN5O5S3. The highest BCUT2D eigenvalue weighted by Gasteiger charge is 2.31. The number of sulfonamides is 1. The molecule has 0 saturated carbocycles. The lowest BCUT2D eigenvalue weighted by Crippen LogP contribution is -2.50. The van der Waals surface area contributed by atoms with E-state index in [2.05, 4.69) is 40.5 Å². The summed E-state index contributed by atoms with van der Waals surface area (Å²) in [7, 11) is -3.80. The van der Waals surface area contributed by atoms with Gasteiger partial charge in [-0.15, -0.1) is 35.1 Å². The minimum absolute atomic E-state index is 0. The van der Waals surface area contributed by atoms with Crippen LogP contribution in [0.2, 0.25) is 0 Å². The summed E-state index contributed by atoms with van der Waals surface area (Å²) in [6.45, 7) is 5.39. The standard InChI is InChI=1S/C35H35N5O5S3.ClH/c1-2-45-35(42)39-18-20-40(21-19-39)48(43,44)26-14-12-25(13-15-26)32(41)37-34-31(33-36-28-10-6-7-11-29(28)46-33)27-16-17-38(23-30(27)47-34)22-24-8-4-3-5-9-24;/h3-15H,2,16-23H2,1H3,(H,37,41);1H. The Morgan fingerprint density at radius 1 is 0.898 bits per heavy atom. The number of thiazole rings is 1. The normalized spacial score (nSPS) is 15.4. The molecule has 1 N–H and O–H groups in total. The minimum atomic E-state index is -3.80. The van der Waals surface area contributed by atoms with Crippen molar-refractivity contribution in [2.75, 3.05) is 44.6 Å². The van der Waals surface area contributed by atoms with Crippen molar-refractivity contribution in [3.05, 3.63) is 100 Å². The second kappa shape index (κ2) is 15.0. The van der Waals surface area contributed by atoms with Gasteiger partial charge in [-0.25, -0.2) is 18.2 Å². The molecule has 2 aliphatic rings. The molecule has 0 unspecified atom stereocenters. The zero-order valence-electron chi connectivity index (χ0n) is 26.8. The number of benzene rings is 3. The first kappa shape index (κ1) is 35.0. The summed E-state index contributed by atoms with van der Waals surface area (Å²) >= 11 is 3.21. The molecule has 1 fully saturated rings. The first-order chi connectivity index (χ1) is 23.3. The molecule has 0 atom stereocenters. The van der Waals surface area contributed by atoms with Crippen LogP contribution in [-0.2, 0) is 34.3 Å². The summed E-state index contributed by atoms with van der Waals surface area (Å²) < 4.78 is 34.2. The van der Waals surface area contributed by atoms with Crippen LogP contribution >= 0.6 is 35.1 Å². The van der Waals surface area contributed by atoms with Crippen LogP contribution in [0.5, 0.6) is 0 Å². The van der Waals surface area contributed by atoms with Gasteiger partial charge in [0, 0.05) is 61.8 Å². The Kier molecular flexibility index (Phi) is 10.7. The number of thiophene rings is 1. The Hall–Kier alpha value is -3.85. The summed E-state index contributed by atoms with van der Waals surface area (Å²) in [5, 5.41) is 4.79. The third-order valence-electron chi connectivity index (χ3n) is 8.64. The van der Waals surface area contributed by atoms with Crippen molar-refractivity contribution in [1.82, 2.24) is 19.1 Å². The van der Waals surface area contributed by atoms with Crippen molar-refractivity contribution >= 4 is 72.3 Å². The monoisotopic (exact) mass is 737 g/mol. The van der Waals surface area contributed by atoms with E-state index in [9.17, 15) is 18.0 Å². The van der Waals surface area contributed by atoms with Crippen molar-refractivity contribution in [2.24, 2.45) is 0 Å². The van der Waals surface area contributed by atoms with Crippen LogP contribution in [0.25, 0.3) is 20.8 Å². The molecule has 2 amide bonds. The Morgan fingerprint density at radius 3 is 2.33 bits per heavy atom. The molecule has 0 radical (unpaired) electrons. The molecule has 256 valence electrons. The van der Waals surface area contributed by atoms with Gasteiger partial charge in [0.15, 0.2) is 0 Å². The number of para-hydroxylation sites is 1. The number of hydrogen-bond acceptors (Lipinski definition) is 9. The molecule has 10 nitrogen and oxygen atoms in total. The summed E-state index contributed by atoms with van der Waals surface area (Å²) in [5.74, 6) is -0.316. The lowest BCUT2D eigenvalue weighted by Gasteiger charge is -2.33. The van der Waals surface area contributed by atoms with Gasteiger partial charge in [-0.05, 0) is 60.9 Å². The molecule has 14 heteroatoms. The zero-order chi connectivity index (χ0) is 33.3. The molecule has 49 heavy (non-hydrogen) atoms. The summed E-state index contributed by atoms with van der Waals surface area (Å²) in [5.41, 5.74) is 4.75. The highest BCUT2D eigenvalue weighted by molar-refractivity contribution is 7.89. The maximum absolute atomic E-state index is 13.7. The SMILES string of the molecule is CCOC(=O)N1CCN(S(=O)(=O)c2ccc(C(=O)Nc3sc4c(c3-c3nc5ccccc5s3)CCN(Cc3ccccc3)C4)cc2)CC1.Cl. The number of hydrogen-bond donors (Lipinski definition) is 1. The van der Waals surface area contributed by atoms with Gasteiger partial charge in [0.05, 0.1) is 21.7 Å². The predicted octanol–water partition coefficient (Wildman–Crippen LogP) is 6.72. The van der Waals surface area contributed by atoms with Crippen LogP contribution in [-0.4, -0.2) is 78.8 Å². The lowest BCUT2D eigenvalue weighted by atomic mass is 10.0. The second-order valence-electron chi connectivity index (χ2n) is 11.7. The van der Waals surface area contributed by atoms with Crippen LogP contribution in [0.1, 0.15) is 33.3 Å². The van der Waals surface area contributed by atoms with Crippen molar-refractivity contribution < 1.29 is 22.7 Å². The average Bonchev–Trinajstić information content (AvgIpc) is 3.69. The number of carbonyl (C=O) groups excluding carboxylic acids is 2. The fourth-order valence-corrected chi connectivity index (χ4v) is 9.97. The Balaban J connectivity index is 0.00000417. The summed E-state index contributed by atoms with van der Waals surface area (Å²) in [6.07, 6.45) is 0.410. The Morgan fingerprint density at radius 2 is 1.61 bits per heavy atom. The van der Waals surface area contributed by atoms with Crippen molar-refractivity contribution in [2.45, 2.75) is 31.3 Å². The molecular weight excluding hydrogens is 702 g/mol. The van der Waals surface area contributed by atoms with E-state index in [-0.39, 0.29) is 56.0 Å². The first-order valence-corrected chi connectivity index (χ1v) is 19.0. The smallest absolute Gasteiger partial charge is 0.409 e. The van der Waals surface area contributed by atoms with E-state index in [4.69, 9.17) is 9.72 Å². The number of halogens is 1. The van der Waals surface area contributed by atoms with Gasteiger partial charge in [-0.2, -0.15) is 4.31 Å². The second-order valence-corrected chi connectivity index (χ2v) is 15.8. The summed E-state index contributed by atoms with van der Waals surface area (Å²) in [6, 6.07) is 24.5. The number of rotatable bonds is 8. The topological polar surface area (TPSA) is 112 Å². The molecule has 2 aromatic heterocycles. The predicted molar refractivity (Wildman–Crippen MR) is 196 cm³/mol. The Bertz CT molecular complexity index is 2030. The van der Waals surface area contributed by atoms with E-state index in [1.54, 1.807) is 41.7 Å². The number of nitrogens with one attached hydrogen (secondary N) is 1.